The van der Waals surface area contributed by atoms with Crippen molar-refractivity contribution in [3.8, 4) is 0 Å². The maximum atomic E-state index is 10.0. The van der Waals surface area contributed by atoms with Crippen molar-refractivity contribution in [1.82, 2.24) is 0 Å². The summed E-state index contributed by atoms with van der Waals surface area (Å²) >= 11 is 0. The van der Waals surface area contributed by atoms with Crippen LogP contribution in [0, 0.1) is 0 Å². The quantitative estimate of drug-likeness (QED) is 0.251. The minimum atomic E-state index is -5.89. The Morgan fingerprint density at radius 3 is 0.455 bits per heavy atom. The standard InChI is InChI=1S/B.4F2HO2P.Li/c;4*1-5(2,3)4;/h;4*(H,3,4);/q+3;;;;;+1/p-4. The van der Waals surface area contributed by atoms with Crippen LogP contribution < -0.4 is 38.4 Å². The maximum Gasteiger partial charge on any atom is 3.00 e. The van der Waals surface area contributed by atoms with Crippen LogP contribution in [0.15, 0.2) is 0 Å². The first-order valence-electron chi connectivity index (χ1n) is 2.81. The molecular formula is BF8LiO8P4. The zero-order valence-corrected chi connectivity index (χ0v) is 13.2. The van der Waals surface area contributed by atoms with E-state index in [9.17, 15) is 33.6 Å². The predicted octanol–water partition coefficient (Wildman–Crippen LogP) is -1.80. The first kappa shape index (κ1) is 38.4. The van der Waals surface area contributed by atoms with Gasteiger partial charge in [-0.1, -0.05) is 0 Å². The molecule has 0 saturated heterocycles. The summed E-state index contributed by atoms with van der Waals surface area (Å²) < 4.78 is 113. The van der Waals surface area contributed by atoms with E-state index in [1.165, 1.54) is 0 Å². The summed E-state index contributed by atoms with van der Waals surface area (Å²) in [6, 6.07) is 0. The monoisotopic (exact) mass is 422 g/mol. The van der Waals surface area contributed by atoms with E-state index in [-0.39, 0.29) is 27.3 Å². The molecule has 0 unspecified atom stereocenters. The summed E-state index contributed by atoms with van der Waals surface area (Å²) in [5, 5.41) is 0. The van der Waals surface area contributed by atoms with Crippen LogP contribution in [0.4, 0.5) is 33.6 Å². The summed E-state index contributed by atoms with van der Waals surface area (Å²) in [7, 11) is -23.6. The Kier molecular flexibility index (Phi) is 26.9. The van der Waals surface area contributed by atoms with Crippen molar-refractivity contribution in [2.75, 3.05) is 0 Å². The zero-order valence-electron chi connectivity index (χ0n) is 9.66. The van der Waals surface area contributed by atoms with Gasteiger partial charge in [0.05, 0.1) is 0 Å². The van der Waals surface area contributed by atoms with Crippen molar-refractivity contribution in [2.45, 2.75) is 0 Å². The summed E-state index contributed by atoms with van der Waals surface area (Å²) in [5.74, 6) is 0. The fourth-order valence-electron chi connectivity index (χ4n) is 0. The molecule has 0 heterocycles. The fourth-order valence-corrected chi connectivity index (χ4v) is 0. The van der Waals surface area contributed by atoms with Gasteiger partial charge in [0.2, 0.25) is 0 Å². The Bertz CT molecular complexity index is 307. The van der Waals surface area contributed by atoms with Gasteiger partial charge in [-0.2, -0.15) is 33.6 Å². The van der Waals surface area contributed by atoms with Gasteiger partial charge in [-0.25, -0.2) is 0 Å². The molecule has 0 aliphatic rings. The van der Waals surface area contributed by atoms with Crippen molar-refractivity contribution >= 4 is 40.4 Å². The van der Waals surface area contributed by atoms with Crippen molar-refractivity contribution < 1.29 is 90.3 Å². The van der Waals surface area contributed by atoms with Crippen LogP contribution in [0.5, 0.6) is 0 Å². The molecule has 0 rings (SSSR count). The summed E-state index contributed by atoms with van der Waals surface area (Å²) in [6.07, 6.45) is 0. The van der Waals surface area contributed by atoms with Gasteiger partial charge in [0, 0.05) is 0 Å². The third-order valence-corrected chi connectivity index (χ3v) is 0. The van der Waals surface area contributed by atoms with E-state index in [0.29, 0.717) is 0 Å². The molecule has 0 radical (unpaired) electrons. The van der Waals surface area contributed by atoms with Crippen LogP contribution in [0.3, 0.4) is 0 Å². The van der Waals surface area contributed by atoms with Gasteiger partial charge in [-0.15, -0.1) is 0 Å². The third-order valence-electron chi connectivity index (χ3n) is 0. The molecule has 0 saturated carbocycles. The Balaban J connectivity index is -0.0000000376. The molecule has 22 heavy (non-hydrogen) atoms. The SMILES string of the molecule is O=P([O-])(F)F.O=P([O-])(F)F.O=P([O-])(F)F.O=P([O-])(F)F.[B+3].[Li+]. The van der Waals surface area contributed by atoms with Gasteiger partial charge >= 0.3 is 59.2 Å². The molecule has 8 nitrogen and oxygen atoms in total. The molecule has 0 atom stereocenters. The molecule has 128 valence electrons. The molecule has 0 aliphatic carbocycles. The number of hydrogen-bond donors (Lipinski definition) is 0. The van der Waals surface area contributed by atoms with Crippen LogP contribution in [0.2, 0.25) is 0 Å². The Labute approximate surface area is 131 Å². The van der Waals surface area contributed by atoms with E-state index in [1.807, 2.05) is 0 Å². The van der Waals surface area contributed by atoms with E-state index in [4.69, 9.17) is 37.8 Å². The molecule has 0 aromatic carbocycles. The van der Waals surface area contributed by atoms with E-state index < -0.39 is 32.0 Å². The fraction of sp³-hybridized carbons (Fsp3) is 0. The molecule has 0 aliphatic heterocycles. The van der Waals surface area contributed by atoms with Gasteiger partial charge in [-0.3, -0.25) is 18.3 Å². The first-order valence-corrected chi connectivity index (χ1v) is 8.44. The van der Waals surface area contributed by atoms with Crippen LogP contribution in [0.1, 0.15) is 0 Å². The molecular weight excluding hydrogens is 422 g/mol. The minimum absolute atomic E-state index is 0. The topological polar surface area (TPSA) is 161 Å². The second kappa shape index (κ2) is 15.4. The molecule has 0 aromatic rings. The predicted molar refractivity (Wildman–Crippen MR) is 45.0 cm³/mol. The second-order valence-electron chi connectivity index (χ2n) is 1.66. The average Bonchev–Trinajstić information content (AvgIpc) is 1.62. The van der Waals surface area contributed by atoms with Crippen molar-refractivity contribution in [3.63, 3.8) is 0 Å². The van der Waals surface area contributed by atoms with Gasteiger partial charge in [0.15, 0.2) is 0 Å². The van der Waals surface area contributed by atoms with Crippen LogP contribution in [0.25, 0.3) is 0 Å². The molecule has 0 fully saturated rings. The largest absolute Gasteiger partial charge is 3.00 e. The van der Waals surface area contributed by atoms with Crippen LogP contribution >= 0.6 is 32.0 Å². The maximum absolute atomic E-state index is 10.0. The number of hydrogen-bond acceptors (Lipinski definition) is 8. The van der Waals surface area contributed by atoms with Crippen molar-refractivity contribution in [3.05, 3.63) is 0 Å². The Hall–Kier alpha value is 0.862. The Morgan fingerprint density at radius 1 is 0.455 bits per heavy atom. The molecule has 0 bridgehead atoms. The third kappa shape index (κ3) is 11100. The summed E-state index contributed by atoms with van der Waals surface area (Å²) in [4.78, 5) is 33.3. The molecule has 22 heteroatoms. The number of halogens is 8. The van der Waals surface area contributed by atoms with Crippen molar-refractivity contribution in [1.29, 1.82) is 0 Å². The van der Waals surface area contributed by atoms with E-state index in [0.717, 1.165) is 0 Å². The smallest absolute Gasteiger partial charge is 0.749 e. The van der Waals surface area contributed by atoms with Gasteiger partial charge < -0.3 is 19.6 Å². The normalized spacial score (nSPS) is 10.7. The van der Waals surface area contributed by atoms with Gasteiger partial charge in [0.25, 0.3) is 0 Å². The molecule has 0 amide bonds. The van der Waals surface area contributed by atoms with Gasteiger partial charge in [0.1, 0.15) is 0 Å². The summed E-state index contributed by atoms with van der Waals surface area (Å²) in [5.41, 5.74) is 0. The van der Waals surface area contributed by atoms with E-state index in [1.54, 1.807) is 0 Å². The van der Waals surface area contributed by atoms with E-state index >= 15 is 0 Å². The summed E-state index contributed by atoms with van der Waals surface area (Å²) in [6.45, 7) is 0. The zero-order chi connectivity index (χ0) is 18.0. The minimum Gasteiger partial charge on any atom is -0.749 e. The average molecular weight is 422 g/mol. The molecule has 0 N–H and O–H groups in total. The number of rotatable bonds is 0. The molecule has 0 aromatic heterocycles. The van der Waals surface area contributed by atoms with E-state index in [2.05, 4.69) is 0 Å². The first-order chi connectivity index (χ1) is 8.00. The Morgan fingerprint density at radius 2 is 0.455 bits per heavy atom. The van der Waals surface area contributed by atoms with Crippen LogP contribution in [-0.4, -0.2) is 8.41 Å². The molecule has 0 spiro atoms. The van der Waals surface area contributed by atoms with Crippen LogP contribution in [-0.2, 0) is 18.3 Å². The van der Waals surface area contributed by atoms with Gasteiger partial charge in [-0.05, 0) is 0 Å². The van der Waals surface area contributed by atoms with Crippen molar-refractivity contribution in [2.24, 2.45) is 0 Å². The second-order valence-corrected chi connectivity index (χ2v) is 4.97.